The van der Waals surface area contributed by atoms with Crippen molar-refractivity contribution in [2.75, 3.05) is 18.5 Å². The van der Waals surface area contributed by atoms with Gasteiger partial charge in [-0.05, 0) is 86.7 Å². The van der Waals surface area contributed by atoms with Crippen molar-refractivity contribution in [3.8, 4) is 10.4 Å². The first kappa shape index (κ1) is 22.6. The van der Waals surface area contributed by atoms with E-state index in [2.05, 4.69) is 56.3 Å². The van der Waals surface area contributed by atoms with Crippen LogP contribution in [0.15, 0.2) is 30.5 Å². The first-order valence-corrected chi connectivity index (χ1v) is 12.5. The Kier molecular flexibility index (Phi) is 6.39. The first-order valence-electron chi connectivity index (χ1n) is 11.3. The Morgan fingerprint density at radius 2 is 2.06 bits per heavy atom. The third-order valence-corrected chi connectivity index (χ3v) is 8.12. The van der Waals surface area contributed by atoms with Gasteiger partial charge in [0.25, 0.3) is 0 Å². The second-order valence-corrected chi connectivity index (χ2v) is 11.7. The van der Waals surface area contributed by atoms with Gasteiger partial charge in [-0.25, -0.2) is 0 Å². The molecule has 31 heavy (non-hydrogen) atoms. The zero-order valence-corrected chi connectivity index (χ0v) is 21.0. The predicted octanol–water partition coefficient (Wildman–Crippen LogP) is 6.91. The zero-order valence-electron chi connectivity index (χ0n) is 19.3. The van der Waals surface area contributed by atoms with Crippen molar-refractivity contribution < 1.29 is 4.79 Å². The van der Waals surface area contributed by atoms with Crippen LogP contribution in [0.3, 0.4) is 0 Å². The molecule has 1 saturated heterocycles. The summed E-state index contributed by atoms with van der Waals surface area (Å²) in [6.07, 6.45) is 6.72. The number of piperidine rings is 1. The zero-order chi connectivity index (χ0) is 22.3. The summed E-state index contributed by atoms with van der Waals surface area (Å²) in [4.78, 5) is 17.7. The Hall–Kier alpha value is -1.56. The van der Waals surface area contributed by atoms with Crippen LogP contribution in [-0.2, 0) is 19.4 Å². The molecule has 0 N–H and O–H groups in total. The number of thiol groups is 1. The molecule has 2 heterocycles. The minimum atomic E-state index is 0.184. The molecule has 0 spiro atoms. The van der Waals surface area contributed by atoms with Crippen molar-refractivity contribution in [3.63, 3.8) is 0 Å². The number of carbonyl (C=O) groups is 1. The van der Waals surface area contributed by atoms with Crippen LogP contribution in [-0.4, -0.2) is 23.7 Å². The van der Waals surface area contributed by atoms with Gasteiger partial charge in [0, 0.05) is 39.8 Å². The van der Waals surface area contributed by atoms with Crippen molar-refractivity contribution in [3.05, 3.63) is 52.0 Å². The Labute approximate surface area is 196 Å². The van der Waals surface area contributed by atoms with Crippen molar-refractivity contribution in [2.45, 2.75) is 65.8 Å². The van der Waals surface area contributed by atoms with Gasteiger partial charge in [0.2, 0.25) is 0 Å². The molecular weight excluding hydrogens is 420 g/mol. The highest BCUT2D eigenvalue weighted by molar-refractivity contribution is 7.77. The quantitative estimate of drug-likeness (QED) is 0.392. The molecule has 0 bridgehead atoms. The van der Waals surface area contributed by atoms with Gasteiger partial charge in [0.05, 0.1) is 0 Å². The van der Waals surface area contributed by atoms with Gasteiger partial charge in [-0.3, -0.25) is 9.10 Å². The van der Waals surface area contributed by atoms with E-state index < -0.39 is 0 Å². The SMILES string of the molecule is C=C1CCCCN1c1ccc(-c2sc3c(c2C(C)=O)CC(C)(C)CC3)c(CN(C)S)c1. The molecular formula is C26H34N2OS2. The number of carbonyl (C=O) groups excluding carboxylic acids is 1. The number of rotatable bonds is 5. The van der Waals surface area contributed by atoms with E-state index in [4.69, 9.17) is 0 Å². The molecule has 4 rings (SSSR count). The second kappa shape index (κ2) is 8.76. The molecule has 2 aliphatic rings. The lowest BCUT2D eigenvalue weighted by molar-refractivity contribution is 0.101. The summed E-state index contributed by atoms with van der Waals surface area (Å²) >= 11 is 6.38. The van der Waals surface area contributed by atoms with Crippen LogP contribution >= 0.6 is 24.2 Å². The molecule has 2 aromatic rings. The molecule has 3 nitrogen and oxygen atoms in total. The largest absolute Gasteiger partial charge is 0.346 e. The van der Waals surface area contributed by atoms with E-state index in [1.165, 1.54) is 52.2 Å². The third kappa shape index (κ3) is 4.64. The highest BCUT2D eigenvalue weighted by Crippen LogP contribution is 2.46. The number of Topliss-reactive ketones (excluding diaryl/α,β-unsaturated/α-hetero) is 1. The number of anilines is 1. The van der Waals surface area contributed by atoms with Crippen molar-refractivity contribution in [1.82, 2.24) is 4.31 Å². The van der Waals surface area contributed by atoms with E-state index in [0.717, 1.165) is 42.8 Å². The van der Waals surface area contributed by atoms with E-state index in [9.17, 15) is 4.79 Å². The Morgan fingerprint density at radius 3 is 2.74 bits per heavy atom. The lowest BCUT2D eigenvalue weighted by Gasteiger charge is -2.31. The fourth-order valence-electron chi connectivity index (χ4n) is 5.03. The van der Waals surface area contributed by atoms with Crippen LogP contribution in [0.4, 0.5) is 5.69 Å². The summed E-state index contributed by atoms with van der Waals surface area (Å²) < 4.78 is 1.91. The van der Waals surface area contributed by atoms with E-state index >= 15 is 0 Å². The van der Waals surface area contributed by atoms with Gasteiger partial charge in [0.15, 0.2) is 5.78 Å². The van der Waals surface area contributed by atoms with Gasteiger partial charge in [0.1, 0.15) is 0 Å². The Balaban J connectivity index is 1.83. The monoisotopic (exact) mass is 454 g/mol. The molecule has 0 unspecified atom stereocenters. The minimum Gasteiger partial charge on any atom is -0.346 e. The first-order chi connectivity index (χ1) is 14.7. The van der Waals surface area contributed by atoms with Gasteiger partial charge in [-0.15, -0.1) is 11.3 Å². The third-order valence-electron chi connectivity index (χ3n) is 6.65. The van der Waals surface area contributed by atoms with E-state index in [-0.39, 0.29) is 11.2 Å². The number of nitrogens with zero attached hydrogens (tertiary/aromatic N) is 2. The average Bonchev–Trinajstić information content (AvgIpc) is 3.05. The molecule has 0 atom stereocenters. The van der Waals surface area contributed by atoms with Gasteiger partial charge >= 0.3 is 0 Å². The fraction of sp³-hybridized carbons (Fsp3) is 0.500. The smallest absolute Gasteiger partial charge is 0.161 e. The van der Waals surface area contributed by atoms with Crippen LogP contribution in [0.1, 0.15) is 72.8 Å². The van der Waals surface area contributed by atoms with Crippen LogP contribution in [0.2, 0.25) is 0 Å². The fourth-order valence-corrected chi connectivity index (χ4v) is 6.61. The molecule has 5 heteroatoms. The molecule has 1 aromatic carbocycles. The highest BCUT2D eigenvalue weighted by atomic mass is 32.1. The summed E-state index contributed by atoms with van der Waals surface area (Å²) in [5.74, 6) is 0.184. The molecule has 0 radical (unpaired) electrons. The van der Waals surface area contributed by atoms with E-state index in [1.807, 2.05) is 22.7 Å². The van der Waals surface area contributed by atoms with E-state index in [0.29, 0.717) is 0 Å². The topological polar surface area (TPSA) is 23.6 Å². The average molecular weight is 455 g/mol. The molecule has 0 saturated carbocycles. The normalized spacial score (nSPS) is 18.4. The number of aryl methyl sites for hydroxylation is 1. The van der Waals surface area contributed by atoms with Crippen molar-refractivity contribution >= 4 is 35.6 Å². The number of fused-ring (bicyclic) bond motifs is 1. The number of hydrogen-bond donors (Lipinski definition) is 1. The maximum absolute atomic E-state index is 12.8. The highest BCUT2D eigenvalue weighted by Gasteiger charge is 2.32. The molecule has 0 amide bonds. The standard InChI is InChI=1S/C26H34N2OS2/c1-17-8-6-7-13-28(17)20-9-10-21(19(14-20)16-27(5)30)25-24(18(2)29)22-15-26(3,4)12-11-23(22)31-25/h9-10,14,30H,1,6-8,11-13,15-16H2,2-5H3. The van der Waals surface area contributed by atoms with Crippen molar-refractivity contribution in [1.29, 1.82) is 0 Å². The maximum Gasteiger partial charge on any atom is 0.161 e. The molecule has 1 aliphatic heterocycles. The van der Waals surface area contributed by atoms with Crippen LogP contribution in [0.25, 0.3) is 10.4 Å². The maximum atomic E-state index is 12.8. The van der Waals surface area contributed by atoms with E-state index in [1.54, 1.807) is 6.92 Å². The van der Waals surface area contributed by atoms with Crippen LogP contribution in [0.5, 0.6) is 0 Å². The number of ketones is 1. The lowest BCUT2D eigenvalue weighted by Crippen LogP contribution is -2.27. The van der Waals surface area contributed by atoms with Gasteiger partial charge in [-0.1, -0.05) is 39.3 Å². The molecule has 1 aromatic heterocycles. The molecule has 166 valence electrons. The Morgan fingerprint density at radius 1 is 1.29 bits per heavy atom. The Bertz CT molecular complexity index is 1020. The summed E-state index contributed by atoms with van der Waals surface area (Å²) in [6, 6.07) is 6.71. The van der Waals surface area contributed by atoms with Gasteiger partial charge < -0.3 is 4.90 Å². The summed E-state index contributed by atoms with van der Waals surface area (Å²) in [5.41, 5.74) is 7.28. The minimum absolute atomic E-state index is 0.184. The summed E-state index contributed by atoms with van der Waals surface area (Å²) in [7, 11) is 1.98. The number of thiophene rings is 1. The molecule has 1 fully saturated rings. The second-order valence-electron chi connectivity index (χ2n) is 9.94. The van der Waals surface area contributed by atoms with Crippen molar-refractivity contribution in [2.24, 2.45) is 5.41 Å². The predicted molar refractivity (Wildman–Crippen MR) is 136 cm³/mol. The number of benzene rings is 1. The van der Waals surface area contributed by atoms with Crippen LogP contribution in [0, 0.1) is 5.41 Å². The lowest BCUT2D eigenvalue weighted by atomic mass is 9.75. The summed E-state index contributed by atoms with van der Waals surface area (Å²) in [6.45, 7) is 12.4. The summed E-state index contributed by atoms with van der Waals surface area (Å²) in [5, 5.41) is 0. The number of hydrogen-bond acceptors (Lipinski definition) is 5. The van der Waals surface area contributed by atoms with Gasteiger partial charge in [-0.2, -0.15) is 0 Å². The molecule has 1 aliphatic carbocycles. The number of allylic oxidation sites excluding steroid dienone is 1. The van der Waals surface area contributed by atoms with Crippen LogP contribution < -0.4 is 4.90 Å².